The van der Waals surface area contributed by atoms with Gasteiger partial charge in [-0.15, -0.1) is 0 Å². The van der Waals surface area contributed by atoms with E-state index < -0.39 is 0 Å². The van der Waals surface area contributed by atoms with Gasteiger partial charge in [-0.05, 0) is 49.2 Å². The van der Waals surface area contributed by atoms with Gasteiger partial charge < -0.3 is 20.4 Å². The van der Waals surface area contributed by atoms with Gasteiger partial charge >= 0.3 is 0 Å². The van der Waals surface area contributed by atoms with E-state index in [1.54, 1.807) is 6.20 Å². The number of carbonyl (C=O) groups excluding carboxylic acids is 1. The average Bonchev–Trinajstić information content (AvgIpc) is 3.33. The van der Waals surface area contributed by atoms with Crippen LogP contribution in [0.1, 0.15) is 24.3 Å². The molecule has 2 aliphatic heterocycles. The summed E-state index contributed by atoms with van der Waals surface area (Å²) in [5, 5.41) is 3.55. The fourth-order valence-electron chi connectivity index (χ4n) is 4.94. The highest BCUT2D eigenvalue weighted by Gasteiger charge is 2.39. The molecular weight excluding hydrogens is 418 g/mol. The molecule has 0 radical (unpaired) electrons. The number of benzene rings is 1. The summed E-state index contributed by atoms with van der Waals surface area (Å²) < 4.78 is 7.25. The van der Waals surface area contributed by atoms with E-state index in [4.69, 9.17) is 10.2 Å². The predicted molar refractivity (Wildman–Crippen MR) is 126 cm³/mol. The summed E-state index contributed by atoms with van der Waals surface area (Å²) in [6, 6.07) is 10.2. The number of amides is 1. The van der Waals surface area contributed by atoms with Gasteiger partial charge in [-0.3, -0.25) is 14.1 Å². The Morgan fingerprint density at radius 1 is 1.21 bits per heavy atom. The van der Waals surface area contributed by atoms with E-state index in [0.29, 0.717) is 22.8 Å². The molecule has 2 fully saturated rings. The first kappa shape index (κ1) is 20.2. The Labute approximate surface area is 191 Å². The van der Waals surface area contributed by atoms with E-state index >= 15 is 0 Å². The van der Waals surface area contributed by atoms with Crippen LogP contribution in [0.2, 0.25) is 0 Å². The van der Waals surface area contributed by atoms with Gasteiger partial charge in [0.05, 0.1) is 6.20 Å². The monoisotopic (exact) mass is 445 g/mol. The lowest BCUT2D eigenvalue weighted by atomic mass is 9.98. The Bertz CT molecular complexity index is 1370. The first-order valence-corrected chi connectivity index (χ1v) is 11.3. The van der Waals surface area contributed by atoms with Gasteiger partial charge in [-0.2, -0.15) is 4.98 Å². The van der Waals surface area contributed by atoms with Crippen LogP contribution in [0.25, 0.3) is 27.9 Å². The number of pyridine rings is 1. The van der Waals surface area contributed by atoms with Crippen LogP contribution < -0.4 is 11.1 Å². The van der Waals surface area contributed by atoms with Gasteiger partial charge in [0.2, 0.25) is 0 Å². The summed E-state index contributed by atoms with van der Waals surface area (Å²) in [5.41, 5.74) is 10.4. The summed E-state index contributed by atoms with van der Waals surface area (Å²) in [6.07, 6.45) is 3.63. The van der Waals surface area contributed by atoms with Crippen molar-refractivity contribution >= 4 is 28.7 Å². The zero-order chi connectivity index (χ0) is 22.7. The number of nitrogens with one attached hydrogen (secondary N) is 1. The summed E-state index contributed by atoms with van der Waals surface area (Å²) in [5.74, 6) is 0.0185. The van der Waals surface area contributed by atoms with E-state index in [2.05, 4.69) is 34.0 Å². The molecule has 6 rings (SSSR count). The van der Waals surface area contributed by atoms with Crippen molar-refractivity contribution in [1.29, 1.82) is 0 Å². The van der Waals surface area contributed by atoms with Crippen LogP contribution in [0.3, 0.4) is 0 Å². The number of rotatable bonds is 3. The zero-order valence-corrected chi connectivity index (χ0v) is 18.8. The van der Waals surface area contributed by atoms with Crippen LogP contribution in [0.4, 0.5) is 6.01 Å². The molecule has 2 aliphatic rings. The molecule has 0 bridgehead atoms. The normalized spacial score (nSPS) is 19.3. The number of oxazole rings is 1. The maximum atomic E-state index is 13.3. The minimum absolute atomic E-state index is 0.0185. The molecule has 0 aliphatic carbocycles. The minimum atomic E-state index is 0.0185. The van der Waals surface area contributed by atoms with Crippen LogP contribution >= 0.6 is 0 Å². The van der Waals surface area contributed by atoms with Crippen LogP contribution in [-0.4, -0.2) is 74.4 Å². The largest absolute Gasteiger partial charge is 0.424 e. The second-order valence-electron chi connectivity index (χ2n) is 9.67. The summed E-state index contributed by atoms with van der Waals surface area (Å²) in [4.78, 5) is 26.4. The van der Waals surface area contributed by atoms with Crippen LogP contribution in [0.15, 0.2) is 47.1 Å². The van der Waals surface area contributed by atoms with Crippen molar-refractivity contribution in [2.45, 2.75) is 25.4 Å². The molecular formula is C24H27N7O2. The number of imidazole rings is 1. The van der Waals surface area contributed by atoms with E-state index in [0.717, 1.165) is 49.5 Å². The number of nitrogens with two attached hydrogens (primary N) is 1. The molecule has 0 spiro atoms. The number of fused-ring (bicyclic) bond motifs is 2. The number of nitrogen functional groups attached to an aromatic ring is 1. The first-order valence-electron chi connectivity index (χ1n) is 11.3. The highest BCUT2D eigenvalue weighted by molar-refractivity contribution is 5.94. The smallest absolute Gasteiger partial charge is 0.292 e. The van der Waals surface area contributed by atoms with Gasteiger partial charge in [-0.25, -0.2) is 4.98 Å². The van der Waals surface area contributed by atoms with Crippen molar-refractivity contribution in [2.24, 2.45) is 0 Å². The molecule has 0 unspecified atom stereocenters. The quantitative estimate of drug-likeness (QED) is 0.498. The molecule has 9 nitrogen and oxygen atoms in total. The maximum absolute atomic E-state index is 13.3. The number of piperazine rings is 1. The molecule has 9 heteroatoms. The summed E-state index contributed by atoms with van der Waals surface area (Å²) in [7, 11) is 0. The van der Waals surface area contributed by atoms with E-state index in [-0.39, 0.29) is 17.5 Å². The summed E-state index contributed by atoms with van der Waals surface area (Å²) in [6.45, 7) is 8.98. The molecule has 0 atom stereocenters. The molecule has 1 aromatic carbocycles. The van der Waals surface area contributed by atoms with Crippen molar-refractivity contribution < 1.29 is 9.21 Å². The van der Waals surface area contributed by atoms with E-state index in [1.807, 2.05) is 45.8 Å². The van der Waals surface area contributed by atoms with Gasteiger partial charge in [0.1, 0.15) is 16.9 Å². The number of aromatic nitrogens is 3. The van der Waals surface area contributed by atoms with E-state index in [9.17, 15) is 4.79 Å². The number of likely N-dealkylation sites (tertiary alicyclic amines) is 1. The number of hydrogen-bond acceptors (Lipinski definition) is 7. The second kappa shape index (κ2) is 7.29. The molecule has 5 heterocycles. The Kier molecular flexibility index (Phi) is 4.46. The van der Waals surface area contributed by atoms with Crippen molar-refractivity contribution in [2.75, 3.05) is 38.5 Å². The molecule has 1 amide bonds. The Hall–Kier alpha value is -3.43. The standard InChI is InChI=1S/C24H27N7O2/c1-24(2)14-29(8-7-27-24)17-12-30(13-17)22(32)19-10-26-21-6-4-16(11-31(19)21)15-3-5-20-18(9-15)28-23(25)33-20/h3-6,9-11,17,27H,7-8,12-14H2,1-2H3,(H2,25,28). The molecule has 0 saturated carbocycles. The van der Waals surface area contributed by atoms with Crippen LogP contribution in [0.5, 0.6) is 0 Å². The lowest BCUT2D eigenvalue weighted by Crippen LogP contribution is -2.67. The fourth-order valence-corrected chi connectivity index (χ4v) is 4.94. The van der Waals surface area contributed by atoms with Gasteiger partial charge in [0.25, 0.3) is 11.9 Å². The van der Waals surface area contributed by atoms with Crippen molar-refractivity contribution in [3.63, 3.8) is 0 Å². The first-order chi connectivity index (χ1) is 15.9. The van der Waals surface area contributed by atoms with Crippen molar-refractivity contribution in [3.05, 3.63) is 48.4 Å². The Morgan fingerprint density at radius 2 is 2.03 bits per heavy atom. The lowest BCUT2D eigenvalue weighted by Gasteiger charge is -2.50. The van der Waals surface area contributed by atoms with Gasteiger partial charge in [0, 0.05) is 50.5 Å². The third kappa shape index (κ3) is 3.53. The number of carbonyl (C=O) groups is 1. The lowest BCUT2D eigenvalue weighted by molar-refractivity contribution is 0.00824. The molecule has 3 aromatic heterocycles. The highest BCUT2D eigenvalue weighted by Crippen LogP contribution is 2.27. The number of nitrogens with zero attached hydrogens (tertiary/aromatic N) is 5. The minimum Gasteiger partial charge on any atom is -0.424 e. The maximum Gasteiger partial charge on any atom is 0.292 e. The second-order valence-corrected chi connectivity index (χ2v) is 9.67. The van der Waals surface area contributed by atoms with Gasteiger partial charge in [-0.1, -0.05) is 6.07 Å². The molecule has 33 heavy (non-hydrogen) atoms. The highest BCUT2D eigenvalue weighted by atomic mass is 16.4. The molecule has 170 valence electrons. The third-order valence-electron chi connectivity index (χ3n) is 6.73. The molecule has 4 aromatic rings. The van der Waals surface area contributed by atoms with E-state index in [1.165, 1.54) is 0 Å². The predicted octanol–water partition coefficient (Wildman–Crippen LogP) is 2.23. The molecule has 2 saturated heterocycles. The van der Waals surface area contributed by atoms with Crippen molar-refractivity contribution in [1.82, 2.24) is 29.5 Å². The third-order valence-corrected chi connectivity index (χ3v) is 6.73. The fraction of sp³-hybridized carbons (Fsp3) is 0.375. The Morgan fingerprint density at radius 3 is 2.85 bits per heavy atom. The number of hydrogen-bond donors (Lipinski definition) is 2. The molecule has 3 N–H and O–H groups in total. The number of anilines is 1. The average molecular weight is 446 g/mol. The topological polar surface area (TPSA) is 105 Å². The van der Waals surface area contributed by atoms with Crippen LogP contribution in [0, 0.1) is 0 Å². The zero-order valence-electron chi connectivity index (χ0n) is 18.8. The summed E-state index contributed by atoms with van der Waals surface area (Å²) >= 11 is 0. The van der Waals surface area contributed by atoms with Crippen LogP contribution in [-0.2, 0) is 0 Å². The SMILES string of the molecule is CC1(C)CN(C2CN(C(=O)c3cnc4ccc(-c5ccc6oc(N)nc6c5)cn34)C2)CCN1. The van der Waals surface area contributed by atoms with Crippen molar-refractivity contribution in [3.8, 4) is 11.1 Å². The Balaban J connectivity index is 1.23. The van der Waals surface area contributed by atoms with Gasteiger partial charge in [0.15, 0.2) is 5.58 Å².